The quantitative estimate of drug-likeness (QED) is 0.752. The molecule has 4 nitrogen and oxygen atoms in total. The summed E-state index contributed by atoms with van der Waals surface area (Å²) in [7, 11) is -3.24. The molecular formula is C14H28N2O2S. The Morgan fingerprint density at radius 2 is 1.74 bits per heavy atom. The summed E-state index contributed by atoms with van der Waals surface area (Å²) in [6, 6.07) is 0. The predicted molar refractivity (Wildman–Crippen MR) is 78.0 cm³/mol. The van der Waals surface area contributed by atoms with Crippen molar-refractivity contribution < 1.29 is 8.42 Å². The lowest BCUT2D eigenvalue weighted by molar-refractivity contribution is 0.207. The lowest BCUT2D eigenvalue weighted by Crippen LogP contribution is -2.50. The van der Waals surface area contributed by atoms with Gasteiger partial charge in [-0.1, -0.05) is 20.8 Å². The van der Waals surface area contributed by atoms with Crippen LogP contribution in [0.5, 0.6) is 0 Å². The van der Waals surface area contributed by atoms with E-state index in [0.717, 1.165) is 19.4 Å². The van der Waals surface area contributed by atoms with Gasteiger partial charge in [0.05, 0.1) is 0 Å². The van der Waals surface area contributed by atoms with Crippen molar-refractivity contribution in [3.05, 3.63) is 0 Å². The van der Waals surface area contributed by atoms with Crippen molar-refractivity contribution in [1.82, 2.24) is 8.61 Å². The van der Waals surface area contributed by atoms with Crippen molar-refractivity contribution in [1.29, 1.82) is 0 Å². The summed E-state index contributed by atoms with van der Waals surface area (Å²) in [5.74, 6) is 1.56. The number of nitrogens with zero attached hydrogens (tertiary/aromatic N) is 2. The average Bonchev–Trinajstić information content (AvgIpc) is 3.11. The van der Waals surface area contributed by atoms with Gasteiger partial charge in [-0.25, -0.2) is 0 Å². The van der Waals surface area contributed by atoms with Crippen LogP contribution in [0.25, 0.3) is 0 Å². The van der Waals surface area contributed by atoms with Gasteiger partial charge in [-0.2, -0.15) is 17.0 Å². The summed E-state index contributed by atoms with van der Waals surface area (Å²) in [5.41, 5.74) is 0. The highest BCUT2D eigenvalue weighted by Gasteiger charge is 2.36. The molecule has 19 heavy (non-hydrogen) atoms. The molecule has 112 valence electrons. The number of piperidine rings is 1. The molecule has 1 saturated carbocycles. The average molecular weight is 288 g/mol. The van der Waals surface area contributed by atoms with Crippen molar-refractivity contribution in [3.8, 4) is 0 Å². The van der Waals surface area contributed by atoms with Crippen molar-refractivity contribution in [2.45, 2.75) is 46.5 Å². The molecule has 2 fully saturated rings. The largest absolute Gasteiger partial charge is 0.282 e. The van der Waals surface area contributed by atoms with E-state index < -0.39 is 10.2 Å². The maximum atomic E-state index is 12.8. The molecular weight excluding hydrogens is 260 g/mol. The molecule has 0 radical (unpaired) electrons. The Morgan fingerprint density at radius 1 is 1.16 bits per heavy atom. The SMILES string of the molecule is CCCN(CC1CC1)S(=O)(=O)N1CC(C)CC(C)C1. The normalized spacial score (nSPS) is 29.9. The predicted octanol–water partition coefficient (Wildman–Crippen LogP) is 2.33. The van der Waals surface area contributed by atoms with Gasteiger partial charge < -0.3 is 0 Å². The molecule has 2 unspecified atom stereocenters. The van der Waals surface area contributed by atoms with Gasteiger partial charge in [-0.3, -0.25) is 0 Å². The van der Waals surface area contributed by atoms with Gasteiger partial charge >= 0.3 is 0 Å². The van der Waals surface area contributed by atoms with Crippen LogP contribution in [0.2, 0.25) is 0 Å². The van der Waals surface area contributed by atoms with Crippen LogP contribution in [0.1, 0.15) is 46.5 Å². The van der Waals surface area contributed by atoms with Gasteiger partial charge in [0.1, 0.15) is 0 Å². The lowest BCUT2D eigenvalue weighted by atomic mass is 9.94. The van der Waals surface area contributed by atoms with Crippen LogP contribution >= 0.6 is 0 Å². The molecule has 2 rings (SSSR count). The van der Waals surface area contributed by atoms with Gasteiger partial charge in [-0.05, 0) is 43.4 Å². The zero-order valence-electron chi connectivity index (χ0n) is 12.5. The van der Waals surface area contributed by atoms with E-state index in [0.29, 0.717) is 37.4 Å². The highest BCUT2D eigenvalue weighted by atomic mass is 32.2. The number of hydrogen-bond donors (Lipinski definition) is 0. The molecule has 0 aromatic heterocycles. The van der Waals surface area contributed by atoms with E-state index in [9.17, 15) is 8.42 Å². The van der Waals surface area contributed by atoms with Crippen molar-refractivity contribution in [3.63, 3.8) is 0 Å². The van der Waals surface area contributed by atoms with Gasteiger partial charge in [-0.15, -0.1) is 0 Å². The first-order valence-corrected chi connectivity index (χ1v) is 9.08. The second-order valence-corrected chi connectivity index (χ2v) is 8.50. The third-order valence-corrected chi connectivity index (χ3v) is 6.05. The Balaban J connectivity index is 2.08. The molecule has 0 aromatic rings. The summed E-state index contributed by atoms with van der Waals surface area (Å²) in [4.78, 5) is 0. The molecule has 1 heterocycles. The smallest absolute Gasteiger partial charge is 0.195 e. The first kappa shape index (κ1) is 15.3. The molecule has 1 aliphatic carbocycles. The minimum atomic E-state index is -3.24. The van der Waals surface area contributed by atoms with E-state index in [2.05, 4.69) is 20.8 Å². The fourth-order valence-corrected chi connectivity index (χ4v) is 5.12. The molecule has 0 amide bonds. The van der Waals surface area contributed by atoms with Gasteiger partial charge in [0, 0.05) is 26.2 Å². The lowest BCUT2D eigenvalue weighted by Gasteiger charge is -2.37. The molecule has 0 bridgehead atoms. The Labute approximate surface area is 118 Å². The first-order chi connectivity index (χ1) is 8.93. The summed E-state index contributed by atoms with van der Waals surface area (Å²) in [6.45, 7) is 9.14. The maximum Gasteiger partial charge on any atom is 0.282 e. The highest BCUT2D eigenvalue weighted by Crippen LogP contribution is 2.32. The van der Waals surface area contributed by atoms with Crippen LogP contribution < -0.4 is 0 Å². The van der Waals surface area contributed by atoms with Gasteiger partial charge in [0.15, 0.2) is 0 Å². The van der Waals surface area contributed by atoms with E-state index >= 15 is 0 Å². The standard InChI is InChI=1S/C14H28N2O2S/c1-4-7-15(11-14-5-6-14)19(17,18)16-9-12(2)8-13(3)10-16/h12-14H,4-11H2,1-3H3. The Kier molecular flexibility index (Phi) is 4.90. The summed E-state index contributed by atoms with van der Waals surface area (Å²) in [6.07, 6.45) is 4.43. The van der Waals surface area contributed by atoms with E-state index in [1.807, 2.05) is 0 Å². The van der Waals surface area contributed by atoms with Crippen LogP contribution in [-0.2, 0) is 10.2 Å². The summed E-state index contributed by atoms with van der Waals surface area (Å²) in [5, 5.41) is 0. The number of rotatable bonds is 6. The zero-order valence-corrected chi connectivity index (χ0v) is 13.3. The zero-order chi connectivity index (χ0) is 14.0. The fourth-order valence-electron chi connectivity index (χ4n) is 3.10. The van der Waals surface area contributed by atoms with E-state index in [1.54, 1.807) is 8.61 Å². The Morgan fingerprint density at radius 3 is 2.21 bits per heavy atom. The Hall–Kier alpha value is -0.130. The minimum absolute atomic E-state index is 0.475. The third-order valence-electron chi connectivity index (χ3n) is 4.12. The highest BCUT2D eigenvalue weighted by molar-refractivity contribution is 7.86. The Bertz CT molecular complexity index is 371. The number of hydrogen-bond acceptors (Lipinski definition) is 2. The van der Waals surface area contributed by atoms with Crippen molar-refractivity contribution in [2.75, 3.05) is 26.2 Å². The van der Waals surface area contributed by atoms with E-state index in [-0.39, 0.29) is 0 Å². The topological polar surface area (TPSA) is 40.6 Å². The molecule has 0 N–H and O–H groups in total. The van der Waals surface area contributed by atoms with Crippen LogP contribution in [0.4, 0.5) is 0 Å². The first-order valence-electron chi connectivity index (χ1n) is 7.68. The second kappa shape index (κ2) is 6.10. The molecule has 1 saturated heterocycles. The molecule has 2 atom stereocenters. The van der Waals surface area contributed by atoms with Gasteiger partial charge in [0.25, 0.3) is 10.2 Å². The van der Waals surface area contributed by atoms with Crippen molar-refractivity contribution in [2.24, 2.45) is 17.8 Å². The van der Waals surface area contributed by atoms with Crippen LogP contribution in [0, 0.1) is 17.8 Å². The second-order valence-electron chi connectivity index (χ2n) is 6.57. The molecule has 5 heteroatoms. The molecule has 2 aliphatic rings. The maximum absolute atomic E-state index is 12.8. The van der Waals surface area contributed by atoms with E-state index in [1.165, 1.54) is 12.8 Å². The van der Waals surface area contributed by atoms with Crippen LogP contribution in [-0.4, -0.2) is 43.2 Å². The van der Waals surface area contributed by atoms with E-state index in [4.69, 9.17) is 0 Å². The third kappa shape index (κ3) is 3.92. The van der Waals surface area contributed by atoms with Crippen molar-refractivity contribution >= 4 is 10.2 Å². The van der Waals surface area contributed by atoms with Crippen LogP contribution in [0.3, 0.4) is 0 Å². The summed E-state index contributed by atoms with van der Waals surface area (Å²) < 4.78 is 29.0. The minimum Gasteiger partial charge on any atom is -0.195 e. The molecule has 0 aromatic carbocycles. The molecule has 0 spiro atoms. The monoisotopic (exact) mass is 288 g/mol. The van der Waals surface area contributed by atoms with Gasteiger partial charge in [0.2, 0.25) is 0 Å². The van der Waals surface area contributed by atoms with Crippen LogP contribution in [0.15, 0.2) is 0 Å². The fraction of sp³-hybridized carbons (Fsp3) is 1.00. The summed E-state index contributed by atoms with van der Waals surface area (Å²) >= 11 is 0. The molecule has 1 aliphatic heterocycles.